The fourth-order valence-electron chi connectivity index (χ4n) is 6.84. The number of methoxy groups -OCH3 is 1. The number of halogens is 1. The number of nitrogens with one attached hydrogen (secondary N) is 1. The number of morpholine rings is 1. The molecule has 1 saturated heterocycles. The van der Waals surface area contributed by atoms with Gasteiger partial charge in [0.25, 0.3) is 5.91 Å². The largest absolute Gasteiger partial charge is 0.497 e. The summed E-state index contributed by atoms with van der Waals surface area (Å²) in [5.74, 6) is 3.00. The van der Waals surface area contributed by atoms with Crippen LogP contribution in [-0.2, 0) is 14.3 Å². The second-order valence-corrected chi connectivity index (χ2v) is 16.4. The van der Waals surface area contributed by atoms with Crippen molar-refractivity contribution >= 4 is 79.2 Å². The molecule has 2 aliphatic heterocycles. The molecule has 0 spiro atoms. The van der Waals surface area contributed by atoms with Crippen LogP contribution < -0.4 is 19.7 Å². The lowest BCUT2D eigenvalue weighted by atomic mass is 9.95. The zero-order valence-corrected chi connectivity index (χ0v) is 34.5. The normalized spacial score (nSPS) is 15.5. The fraction of sp³-hybridized carbons (Fsp3) is 0.429. The number of likely N-dealkylation sites (N-methyl/N-ethyl adjacent to an activating group) is 1. The molecule has 4 amide bonds. The van der Waals surface area contributed by atoms with E-state index in [0.29, 0.717) is 60.1 Å². The van der Waals surface area contributed by atoms with Crippen LogP contribution in [0.5, 0.6) is 11.5 Å². The van der Waals surface area contributed by atoms with Crippen LogP contribution in [0.25, 0.3) is 20.9 Å². The number of nitrogens with zero attached hydrogens (tertiary/aromatic N) is 4. The molecule has 0 bridgehead atoms. The Morgan fingerprint density at radius 2 is 1.81 bits per heavy atom. The van der Waals surface area contributed by atoms with Gasteiger partial charge in [-0.25, -0.2) is 9.59 Å². The van der Waals surface area contributed by atoms with Crippen LogP contribution in [0.1, 0.15) is 48.3 Å². The van der Waals surface area contributed by atoms with Gasteiger partial charge in [-0.2, -0.15) is 0 Å². The molecule has 2 aliphatic rings. The van der Waals surface area contributed by atoms with Crippen LogP contribution in [0.15, 0.2) is 48.5 Å². The second-order valence-electron chi connectivity index (χ2n) is 15.0. The van der Waals surface area contributed by atoms with E-state index < -0.39 is 17.8 Å². The number of carbonyl (C=O) groups is 4. The monoisotopic (exact) mass is 817 g/mol. The Bertz CT molecular complexity index is 2190. The van der Waals surface area contributed by atoms with Gasteiger partial charge < -0.3 is 34.1 Å². The fourth-order valence-corrected chi connectivity index (χ4v) is 8.09. The number of fused-ring (bicyclic) bond motifs is 4. The Kier molecular flexibility index (Phi) is 13.1. The first-order valence-corrected chi connectivity index (χ1v) is 20.1. The minimum atomic E-state index is -0.721. The summed E-state index contributed by atoms with van der Waals surface area (Å²) in [5.41, 5.74) is 1.38. The van der Waals surface area contributed by atoms with Crippen molar-refractivity contribution in [2.24, 2.45) is 0 Å². The Balaban J connectivity index is 1.25. The van der Waals surface area contributed by atoms with Gasteiger partial charge in [0.2, 0.25) is 5.91 Å². The van der Waals surface area contributed by atoms with E-state index in [-0.39, 0.29) is 49.0 Å². The van der Waals surface area contributed by atoms with Crippen molar-refractivity contribution in [2.75, 3.05) is 89.3 Å². The van der Waals surface area contributed by atoms with Crippen LogP contribution in [0.3, 0.4) is 0 Å². The number of amides is 4. The van der Waals surface area contributed by atoms with Gasteiger partial charge in [0, 0.05) is 86.4 Å². The smallest absolute Gasteiger partial charge is 0.416 e. The molecule has 4 aromatic rings. The molecule has 1 aromatic heterocycles. The molecule has 3 heterocycles. The number of hydrogen-bond donors (Lipinski definition) is 1. The zero-order chi connectivity index (χ0) is 40.9. The molecule has 3 aromatic carbocycles. The van der Waals surface area contributed by atoms with Crippen molar-refractivity contribution in [2.45, 2.75) is 38.7 Å². The first-order valence-electron chi connectivity index (χ1n) is 18.8. The van der Waals surface area contributed by atoms with Crippen molar-refractivity contribution in [3.05, 3.63) is 59.0 Å². The summed E-state index contributed by atoms with van der Waals surface area (Å²) in [6.45, 7) is 9.44. The lowest BCUT2D eigenvalue weighted by Gasteiger charge is -2.27. The Labute approximate surface area is 341 Å². The maximum absolute atomic E-state index is 14.4. The van der Waals surface area contributed by atoms with Crippen LogP contribution in [0.4, 0.5) is 21.0 Å². The predicted molar refractivity (Wildman–Crippen MR) is 223 cm³/mol. The summed E-state index contributed by atoms with van der Waals surface area (Å²) in [5, 5.41) is 5.17. The number of benzene rings is 3. The number of carbonyl (C=O) groups excluding carboxylic acids is 4. The van der Waals surface area contributed by atoms with E-state index in [1.54, 1.807) is 58.0 Å². The topological polar surface area (TPSA) is 130 Å². The van der Waals surface area contributed by atoms with Gasteiger partial charge in [-0.3, -0.25) is 19.4 Å². The summed E-state index contributed by atoms with van der Waals surface area (Å²) < 4.78 is 23.4. The van der Waals surface area contributed by atoms with Crippen molar-refractivity contribution in [3.8, 4) is 23.8 Å². The molecular weight excluding hydrogens is 770 g/mol. The van der Waals surface area contributed by atoms with Crippen LogP contribution >= 0.6 is 22.9 Å². The highest BCUT2D eigenvalue weighted by molar-refractivity contribution is 7.21. The van der Waals surface area contributed by atoms with E-state index in [9.17, 15) is 19.2 Å². The van der Waals surface area contributed by atoms with E-state index in [1.807, 2.05) is 30.3 Å². The Morgan fingerprint density at radius 1 is 1.04 bits per heavy atom. The molecule has 1 N–H and O–H groups in total. The highest BCUT2D eigenvalue weighted by Crippen LogP contribution is 2.47. The van der Waals surface area contributed by atoms with Gasteiger partial charge in [0.15, 0.2) is 0 Å². The van der Waals surface area contributed by atoms with Crippen LogP contribution in [0, 0.1) is 12.3 Å². The minimum absolute atomic E-state index is 0.0671. The number of thiophene rings is 1. The molecular formula is C42H48ClN5O8S. The lowest BCUT2D eigenvalue weighted by Crippen LogP contribution is -2.42. The van der Waals surface area contributed by atoms with Gasteiger partial charge in [-0.05, 0) is 79.6 Å². The minimum Gasteiger partial charge on any atom is -0.497 e. The first-order chi connectivity index (χ1) is 27.3. The van der Waals surface area contributed by atoms with Crippen LogP contribution in [-0.4, -0.2) is 123 Å². The number of rotatable bonds is 12. The van der Waals surface area contributed by atoms with Gasteiger partial charge in [-0.15, -0.1) is 29.4 Å². The molecule has 0 unspecified atom stereocenters. The zero-order valence-electron chi connectivity index (χ0n) is 32.9. The molecule has 0 aliphatic carbocycles. The highest BCUT2D eigenvalue weighted by atomic mass is 35.5. The summed E-state index contributed by atoms with van der Waals surface area (Å²) in [6, 6.07) is 14.6. The second kappa shape index (κ2) is 18.0. The third-order valence-electron chi connectivity index (χ3n) is 9.78. The predicted octanol–water partition coefficient (Wildman–Crippen LogP) is 7.01. The van der Waals surface area contributed by atoms with Gasteiger partial charge in [0.05, 0.1) is 37.4 Å². The molecule has 0 saturated carbocycles. The average molecular weight is 818 g/mol. The number of terminal acetylenes is 1. The summed E-state index contributed by atoms with van der Waals surface area (Å²) >= 11 is 7.93. The molecule has 57 heavy (non-hydrogen) atoms. The SMILES string of the molecule is C#CCN(CCN(C)C(=O)OC(C)(C)C)C(=O)Oc1cc2c(c3cc(OC)ccc13)[C@H](CCl)CN2C(=O)c1cc2cc(NC(=O)CCN3CCOCC3)ccc2s1. The summed E-state index contributed by atoms with van der Waals surface area (Å²) in [7, 11) is 3.14. The standard InChI is InChI=1S/C42H48ClN5O8S/c1-7-13-47(16-15-45(5)40(51)56-42(2,3)4)41(52)55-34-24-33-38(32-23-30(53-6)9-10-31(32)34)28(25-43)26-48(33)39(50)36-22-27-21-29(8-11-35(27)57-36)44-37(49)12-14-46-17-19-54-20-18-46/h1,8-11,21-24,28H,12-20,25-26H2,2-6H3,(H,44,49)/t28-/m1/s1. The third kappa shape index (κ3) is 9.91. The third-order valence-corrected chi connectivity index (χ3v) is 11.3. The van der Waals surface area contributed by atoms with E-state index in [1.165, 1.54) is 21.1 Å². The maximum Gasteiger partial charge on any atom is 0.416 e. The van der Waals surface area contributed by atoms with Crippen molar-refractivity contribution in [1.29, 1.82) is 0 Å². The van der Waals surface area contributed by atoms with Gasteiger partial charge in [-0.1, -0.05) is 5.92 Å². The quantitative estimate of drug-likeness (QED) is 0.119. The number of hydrogen-bond acceptors (Lipinski definition) is 10. The molecule has 1 atom stereocenters. The first kappa shape index (κ1) is 41.6. The molecule has 6 rings (SSSR count). The summed E-state index contributed by atoms with van der Waals surface area (Å²) in [6.07, 6.45) is 4.75. The maximum atomic E-state index is 14.4. The Morgan fingerprint density at radius 3 is 2.51 bits per heavy atom. The molecule has 302 valence electrons. The van der Waals surface area contributed by atoms with E-state index >= 15 is 0 Å². The number of ether oxygens (including phenoxy) is 4. The van der Waals surface area contributed by atoms with Crippen molar-refractivity contribution < 1.29 is 38.1 Å². The number of alkyl halides is 1. The van der Waals surface area contributed by atoms with Crippen molar-refractivity contribution in [1.82, 2.24) is 14.7 Å². The molecule has 0 radical (unpaired) electrons. The number of anilines is 2. The van der Waals surface area contributed by atoms with Crippen LogP contribution in [0.2, 0.25) is 0 Å². The van der Waals surface area contributed by atoms with E-state index in [4.69, 9.17) is 37.0 Å². The van der Waals surface area contributed by atoms with Gasteiger partial charge in [0.1, 0.15) is 17.1 Å². The Hall–Kier alpha value is -5.07. The average Bonchev–Trinajstić information content (AvgIpc) is 3.79. The highest BCUT2D eigenvalue weighted by Gasteiger charge is 2.36. The lowest BCUT2D eigenvalue weighted by molar-refractivity contribution is -0.116. The van der Waals surface area contributed by atoms with E-state index in [2.05, 4.69) is 16.1 Å². The molecule has 1 fully saturated rings. The molecule has 13 nitrogen and oxygen atoms in total. The molecule has 15 heteroatoms. The van der Waals surface area contributed by atoms with E-state index in [0.717, 1.165) is 34.1 Å². The summed E-state index contributed by atoms with van der Waals surface area (Å²) in [4.78, 5) is 60.6. The van der Waals surface area contributed by atoms with Gasteiger partial charge >= 0.3 is 12.2 Å². The van der Waals surface area contributed by atoms with Crippen molar-refractivity contribution in [3.63, 3.8) is 0 Å².